The van der Waals surface area contributed by atoms with Crippen LogP contribution in [0.4, 0.5) is 4.39 Å². The summed E-state index contributed by atoms with van der Waals surface area (Å²) in [6.45, 7) is 2.16. The average molecular weight is 306 g/mol. The summed E-state index contributed by atoms with van der Waals surface area (Å²) >= 11 is 6.30. The van der Waals surface area contributed by atoms with Gasteiger partial charge in [0.2, 0.25) is 0 Å². The third kappa shape index (κ3) is 2.14. The maximum Gasteiger partial charge on any atom is 0.250 e. The second-order valence-electron chi connectivity index (χ2n) is 4.95. The van der Waals surface area contributed by atoms with Gasteiger partial charge in [-0.25, -0.2) is 4.39 Å². The summed E-state index contributed by atoms with van der Waals surface area (Å²) in [6.07, 6.45) is 4.34. The molecule has 0 radical (unpaired) electrons. The molecule has 2 aromatic rings. The lowest BCUT2D eigenvalue weighted by molar-refractivity contribution is 0.100. The number of aromatic amines is 1. The zero-order valence-electron chi connectivity index (χ0n) is 11.3. The van der Waals surface area contributed by atoms with Gasteiger partial charge in [0, 0.05) is 29.3 Å². The van der Waals surface area contributed by atoms with Crippen LogP contribution in [0.2, 0.25) is 5.02 Å². The number of nitrogens with one attached hydrogen (secondary N) is 1. The molecule has 108 valence electrons. The maximum atomic E-state index is 14.5. The molecule has 1 aliphatic heterocycles. The number of carbonyl (C=O) groups excluding carboxylic acids is 1. The van der Waals surface area contributed by atoms with Crippen LogP contribution in [0.1, 0.15) is 28.0 Å². The Bertz CT molecular complexity index is 820. The number of fused-ring (bicyclic) bond motifs is 1. The number of H-pyrrole nitrogens is 1. The number of aliphatic imine (C=N–C) groups is 1. The number of amides is 1. The normalized spacial score (nSPS) is 14.5. The van der Waals surface area contributed by atoms with Crippen molar-refractivity contribution < 1.29 is 9.18 Å². The third-order valence-corrected chi connectivity index (χ3v) is 4.06. The summed E-state index contributed by atoms with van der Waals surface area (Å²) in [5.41, 5.74) is 7.72. The fourth-order valence-electron chi connectivity index (χ4n) is 2.62. The quantitative estimate of drug-likeness (QED) is 0.878. The van der Waals surface area contributed by atoms with Gasteiger partial charge in [-0.2, -0.15) is 0 Å². The lowest BCUT2D eigenvalue weighted by Crippen LogP contribution is -2.13. The standard InChI is InChI=1S/C15H13ClFN3O/c1-7-13(16)12-11(8-3-2-4-19-6-8)10(17)5-9(15(18)21)14(12)20-7/h3-5,20H,2,6H2,1H3,(H2,18,21). The van der Waals surface area contributed by atoms with Gasteiger partial charge in [-0.15, -0.1) is 0 Å². The van der Waals surface area contributed by atoms with Gasteiger partial charge >= 0.3 is 0 Å². The summed E-state index contributed by atoms with van der Waals surface area (Å²) in [4.78, 5) is 18.7. The first-order chi connectivity index (χ1) is 10.0. The van der Waals surface area contributed by atoms with Crippen molar-refractivity contribution in [2.45, 2.75) is 13.3 Å². The van der Waals surface area contributed by atoms with Crippen LogP contribution >= 0.6 is 11.6 Å². The van der Waals surface area contributed by atoms with Crippen molar-refractivity contribution in [3.8, 4) is 0 Å². The van der Waals surface area contributed by atoms with Crippen molar-refractivity contribution in [2.75, 3.05) is 6.54 Å². The lowest BCUT2D eigenvalue weighted by Gasteiger charge is -2.13. The highest BCUT2D eigenvalue weighted by Gasteiger charge is 2.23. The van der Waals surface area contributed by atoms with E-state index in [0.29, 0.717) is 40.1 Å². The van der Waals surface area contributed by atoms with E-state index in [9.17, 15) is 9.18 Å². The second-order valence-corrected chi connectivity index (χ2v) is 5.33. The smallest absolute Gasteiger partial charge is 0.250 e. The molecule has 1 amide bonds. The lowest BCUT2D eigenvalue weighted by atomic mass is 9.96. The first kappa shape index (κ1) is 13.8. The molecule has 0 saturated carbocycles. The van der Waals surface area contributed by atoms with Crippen LogP contribution in [0, 0.1) is 12.7 Å². The van der Waals surface area contributed by atoms with Crippen molar-refractivity contribution in [3.63, 3.8) is 0 Å². The SMILES string of the molecule is Cc1[nH]c2c(C(N)=O)cc(F)c(C3=CCC=NC3)c2c1Cl. The molecule has 0 atom stereocenters. The first-order valence-electron chi connectivity index (χ1n) is 6.48. The van der Waals surface area contributed by atoms with E-state index >= 15 is 0 Å². The van der Waals surface area contributed by atoms with E-state index in [2.05, 4.69) is 9.98 Å². The number of nitrogens with zero attached hydrogens (tertiary/aromatic N) is 1. The minimum absolute atomic E-state index is 0.0983. The molecular weight excluding hydrogens is 293 g/mol. The Morgan fingerprint density at radius 3 is 2.90 bits per heavy atom. The van der Waals surface area contributed by atoms with Gasteiger partial charge in [-0.1, -0.05) is 17.7 Å². The van der Waals surface area contributed by atoms with E-state index in [4.69, 9.17) is 17.3 Å². The van der Waals surface area contributed by atoms with Gasteiger partial charge in [0.25, 0.3) is 5.91 Å². The van der Waals surface area contributed by atoms with E-state index in [0.717, 1.165) is 11.6 Å². The number of allylic oxidation sites excluding steroid dienone is 1. The minimum Gasteiger partial charge on any atom is -0.366 e. The molecule has 4 nitrogen and oxygen atoms in total. The number of aryl methyl sites for hydroxylation is 1. The summed E-state index contributed by atoms with van der Waals surface area (Å²) in [5.74, 6) is -1.21. The van der Waals surface area contributed by atoms with Crippen LogP contribution in [0.25, 0.3) is 16.5 Å². The Balaban J connectivity index is 2.40. The van der Waals surface area contributed by atoms with Gasteiger partial charge in [-0.3, -0.25) is 9.79 Å². The number of carbonyl (C=O) groups is 1. The van der Waals surface area contributed by atoms with E-state index < -0.39 is 11.7 Å². The Hall–Kier alpha value is -2.14. The number of benzene rings is 1. The summed E-state index contributed by atoms with van der Waals surface area (Å²) in [5, 5.41) is 0.892. The molecule has 0 aliphatic carbocycles. The highest BCUT2D eigenvalue weighted by molar-refractivity contribution is 6.37. The molecular formula is C15H13ClFN3O. The number of aromatic nitrogens is 1. The molecule has 0 bridgehead atoms. The zero-order chi connectivity index (χ0) is 15.1. The van der Waals surface area contributed by atoms with Crippen molar-refractivity contribution in [1.29, 1.82) is 0 Å². The molecule has 0 fully saturated rings. The average Bonchev–Trinajstić information content (AvgIpc) is 2.75. The number of primary amides is 1. The van der Waals surface area contributed by atoms with Gasteiger partial charge in [0.15, 0.2) is 0 Å². The zero-order valence-corrected chi connectivity index (χ0v) is 12.1. The molecule has 2 heterocycles. The van der Waals surface area contributed by atoms with Crippen LogP contribution in [0.5, 0.6) is 0 Å². The van der Waals surface area contributed by atoms with Crippen LogP contribution in [0.3, 0.4) is 0 Å². The highest BCUT2D eigenvalue weighted by atomic mass is 35.5. The summed E-state index contributed by atoms with van der Waals surface area (Å²) < 4.78 is 14.5. The van der Waals surface area contributed by atoms with E-state index in [1.54, 1.807) is 13.1 Å². The predicted octanol–water partition coefficient (Wildman–Crippen LogP) is 3.23. The van der Waals surface area contributed by atoms with Gasteiger partial charge in [-0.05, 0) is 18.6 Å². The van der Waals surface area contributed by atoms with Crippen LogP contribution in [0.15, 0.2) is 17.1 Å². The molecule has 0 unspecified atom stereocenters. The van der Waals surface area contributed by atoms with Gasteiger partial charge < -0.3 is 10.7 Å². The molecule has 1 aliphatic rings. The monoisotopic (exact) mass is 305 g/mol. The van der Waals surface area contributed by atoms with Gasteiger partial charge in [0.05, 0.1) is 22.6 Å². The molecule has 1 aromatic carbocycles. The van der Waals surface area contributed by atoms with Gasteiger partial charge in [0.1, 0.15) is 5.82 Å². The molecule has 3 rings (SSSR count). The van der Waals surface area contributed by atoms with E-state index in [1.807, 2.05) is 6.08 Å². The summed E-state index contributed by atoms with van der Waals surface area (Å²) in [7, 11) is 0. The number of halogens is 2. The predicted molar refractivity (Wildman–Crippen MR) is 82.5 cm³/mol. The van der Waals surface area contributed by atoms with Crippen LogP contribution < -0.4 is 5.73 Å². The maximum absolute atomic E-state index is 14.5. The van der Waals surface area contributed by atoms with Crippen LogP contribution in [-0.2, 0) is 0 Å². The van der Waals surface area contributed by atoms with E-state index in [1.165, 1.54) is 0 Å². The first-order valence-corrected chi connectivity index (χ1v) is 6.86. The minimum atomic E-state index is -0.695. The Morgan fingerprint density at radius 2 is 2.29 bits per heavy atom. The number of nitrogens with two attached hydrogens (primary N) is 1. The molecule has 21 heavy (non-hydrogen) atoms. The molecule has 0 saturated heterocycles. The van der Waals surface area contributed by atoms with E-state index in [-0.39, 0.29) is 5.56 Å². The number of hydrogen-bond acceptors (Lipinski definition) is 2. The second kappa shape index (κ2) is 5.00. The molecule has 0 spiro atoms. The number of hydrogen-bond donors (Lipinski definition) is 2. The highest BCUT2D eigenvalue weighted by Crippen LogP contribution is 2.37. The van der Waals surface area contributed by atoms with Crippen molar-refractivity contribution in [1.82, 2.24) is 4.98 Å². The largest absolute Gasteiger partial charge is 0.366 e. The number of dihydropyridines is 1. The van der Waals surface area contributed by atoms with Crippen molar-refractivity contribution in [2.24, 2.45) is 10.7 Å². The number of rotatable bonds is 2. The van der Waals surface area contributed by atoms with Crippen molar-refractivity contribution in [3.05, 3.63) is 39.8 Å². The summed E-state index contributed by atoms with van der Waals surface area (Å²) in [6, 6.07) is 1.16. The fraction of sp³-hybridized carbons (Fsp3) is 0.200. The van der Waals surface area contributed by atoms with Crippen molar-refractivity contribution >= 4 is 40.2 Å². The molecule has 3 N–H and O–H groups in total. The van der Waals surface area contributed by atoms with Crippen LogP contribution in [-0.4, -0.2) is 23.7 Å². The third-order valence-electron chi connectivity index (χ3n) is 3.59. The Kier molecular flexibility index (Phi) is 3.29. The Morgan fingerprint density at radius 1 is 1.52 bits per heavy atom. The Labute approximate surface area is 125 Å². The fourth-order valence-corrected chi connectivity index (χ4v) is 2.85. The molecule has 1 aromatic heterocycles. The topological polar surface area (TPSA) is 71.2 Å². The molecule has 6 heteroatoms.